The van der Waals surface area contributed by atoms with Gasteiger partial charge in [0.25, 0.3) is 0 Å². The summed E-state index contributed by atoms with van der Waals surface area (Å²) in [5.41, 5.74) is 2.15. The topological polar surface area (TPSA) is 171 Å². The highest BCUT2D eigenvalue weighted by Gasteiger charge is 2.35. The van der Waals surface area contributed by atoms with E-state index in [-0.39, 0.29) is 6.09 Å². The number of alkyl carbamates (subject to hydrolysis) is 3. The fourth-order valence-electron chi connectivity index (χ4n) is 10.2. The maximum absolute atomic E-state index is 13.8. The molecule has 0 aromatic rings. The van der Waals surface area contributed by atoms with Crippen LogP contribution in [0.25, 0.3) is 0 Å². The molecule has 1 atom stereocenters. The fraction of sp³-hybridized carbons (Fsp3) is 0.939. The number of nitrogens with zero attached hydrogens (tertiary/aromatic N) is 1. The molecule has 1 unspecified atom stereocenters. The third-order valence-corrected chi connectivity index (χ3v) is 14.4. The molecule has 0 saturated carbocycles. The molecule has 0 aromatic carbocycles. The highest BCUT2D eigenvalue weighted by atomic mass is 16.6. The second kappa shape index (κ2) is 46.5. The molecule has 0 bridgehead atoms. The zero-order valence-corrected chi connectivity index (χ0v) is 54.1. The van der Waals surface area contributed by atoms with E-state index in [1.54, 1.807) is 4.90 Å². The average molecular weight is 1120 g/mol. The smallest absolute Gasteiger partial charge is 0.410 e. The van der Waals surface area contributed by atoms with E-state index in [0.717, 1.165) is 25.8 Å². The first-order valence-corrected chi connectivity index (χ1v) is 33.0. The summed E-state index contributed by atoms with van der Waals surface area (Å²) in [6, 6.07) is 0. The number of hydrogen-bond donors (Lipinski definition) is 4. The van der Waals surface area contributed by atoms with E-state index < -0.39 is 46.2 Å². The molecule has 79 heavy (non-hydrogen) atoms. The van der Waals surface area contributed by atoms with Gasteiger partial charge < -0.3 is 45.5 Å². The quantitative estimate of drug-likeness (QED) is 0.0342. The lowest BCUT2D eigenvalue weighted by molar-refractivity contribution is 0.0214. The van der Waals surface area contributed by atoms with E-state index in [0.29, 0.717) is 64.7 Å². The highest BCUT2D eigenvalue weighted by Crippen LogP contribution is 2.28. The van der Waals surface area contributed by atoms with E-state index in [9.17, 15) is 19.2 Å². The van der Waals surface area contributed by atoms with Crippen LogP contribution >= 0.6 is 0 Å². The lowest BCUT2D eigenvalue weighted by atomic mass is 9.84. The summed E-state index contributed by atoms with van der Waals surface area (Å²) in [5.74, 6) is 0. The molecule has 5 N–H and O–H groups in total. The SMILES string of the molecule is CC(C)(C)OC(=O)NCCCCC(CCCNC(=O)OC(C)(C)C)(CCN(CCCCCCCCCCCCCCCCCCCCCCCCCCCCCCCCCCCCN)C(=O)OC(C)(C)C)NC(=O)OC(C)(C)C. The minimum Gasteiger partial charge on any atom is -0.444 e. The number of carbonyl (C=O) groups is 4. The number of hydrogen-bond acceptors (Lipinski definition) is 9. The Hall–Kier alpha value is -2.96. The van der Waals surface area contributed by atoms with Gasteiger partial charge in [0.1, 0.15) is 22.4 Å². The van der Waals surface area contributed by atoms with Crippen LogP contribution in [0.3, 0.4) is 0 Å². The molecule has 13 nitrogen and oxygen atoms in total. The van der Waals surface area contributed by atoms with Crippen molar-refractivity contribution in [3.63, 3.8) is 0 Å². The van der Waals surface area contributed by atoms with Gasteiger partial charge in [-0.1, -0.05) is 205 Å². The second-order valence-electron chi connectivity index (χ2n) is 27.4. The van der Waals surface area contributed by atoms with Crippen molar-refractivity contribution in [3.05, 3.63) is 0 Å². The van der Waals surface area contributed by atoms with Crippen molar-refractivity contribution < 1.29 is 38.1 Å². The Bertz CT molecular complexity index is 1480. The molecule has 0 heterocycles. The van der Waals surface area contributed by atoms with Gasteiger partial charge in [0.2, 0.25) is 0 Å². The Kier molecular flexibility index (Phi) is 44.8. The molecular weight excluding hydrogens is 991 g/mol. The van der Waals surface area contributed by atoms with Crippen LogP contribution in [0.5, 0.6) is 0 Å². The van der Waals surface area contributed by atoms with E-state index in [1.165, 1.54) is 199 Å². The minimum absolute atomic E-state index is 0.335. The zero-order valence-electron chi connectivity index (χ0n) is 54.1. The van der Waals surface area contributed by atoms with Crippen molar-refractivity contribution in [2.75, 3.05) is 32.7 Å². The Morgan fingerprint density at radius 1 is 0.316 bits per heavy atom. The first-order valence-electron chi connectivity index (χ1n) is 33.0. The van der Waals surface area contributed by atoms with E-state index in [2.05, 4.69) is 16.0 Å². The number of nitrogens with two attached hydrogens (primary N) is 1. The standard InChI is InChI=1S/C66H131N5O8/c1-62(2,3)76-58(72)68-54-47-45-50-66(70-60(74)78-64(7,8)9,51-49-55-69-59(73)77-63(4,5)6)52-57-71(61(75)79-65(10,11)12)56-48-44-42-40-38-36-34-32-30-28-26-24-22-20-18-16-14-13-15-17-19-21-23-25-27-29-31-33-35-37-39-41-43-46-53-67/h13-57,67H2,1-12H3,(H,68,72)(H,69,73)(H,70,74). The summed E-state index contributed by atoms with van der Waals surface area (Å²) in [7, 11) is 0. The van der Waals surface area contributed by atoms with Crippen molar-refractivity contribution in [1.82, 2.24) is 20.9 Å². The summed E-state index contributed by atoms with van der Waals surface area (Å²) < 4.78 is 22.6. The van der Waals surface area contributed by atoms with Crippen LogP contribution in [0.4, 0.5) is 19.2 Å². The monoisotopic (exact) mass is 1120 g/mol. The molecule has 0 fully saturated rings. The van der Waals surface area contributed by atoms with Gasteiger partial charge in [-0.3, -0.25) is 0 Å². The first-order chi connectivity index (χ1) is 37.4. The number of nitrogens with one attached hydrogen (secondary N) is 3. The van der Waals surface area contributed by atoms with Crippen molar-refractivity contribution in [1.29, 1.82) is 0 Å². The van der Waals surface area contributed by atoms with Crippen LogP contribution in [0.1, 0.15) is 340 Å². The predicted octanol–water partition coefficient (Wildman–Crippen LogP) is 19.1. The normalized spacial score (nSPS) is 12.9. The zero-order chi connectivity index (χ0) is 59.2. The van der Waals surface area contributed by atoms with Gasteiger partial charge in [-0.05, 0) is 141 Å². The van der Waals surface area contributed by atoms with Crippen LogP contribution in [-0.2, 0) is 18.9 Å². The van der Waals surface area contributed by atoms with Crippen molar-refractivity contribution in [2.24, 2.45) is 5.73 Å². The third-order valence-electron chi connectivity index (χ3n) is 14.4. The Morgan fingerprint density at radius 3 is 0.911 bits per heavy atom. The predicted molar refractivity (Wildman–Crippen MR) is 332 cm³/mol. The van der Waals surface area contributed by atoms with Crippen LogP contribution in [-0.4, -0.2) is 89.9 Å². The van der Waals surface area contributed by atoms with E-state index in [1.807, 2.05) is 83.1 Å². The average Bonchev–Trinajstić information content (AvgIpc) is 3.33. The second-order valence-corrected chi connectivity index (χ2v) is 27.4. The summed E-state index contributed by atoms with van der Waals surface area (Å²) in [5, 5.41) is 8.93. The molecule has 0 aliphatic heterocycles. The largest absolute Gasteiger partial charge is 0.444 e. The van der Waals surface area contributed by atoms with Gasteiger partial charge in [-0.25, -0.2) is 19.2 Å². The number of unbranched alkanes of at least 4 members (excludes halogenated alkanes) is 34. The molecule has 0 rings (SSSR count). The molecule has 0 aromatic heterocycles. The van der Waals surface area contributed by atoms with Gasteiger partial charge in [0.15, 0.2) is 0 Å². The van der Waals surface area contributed by atoms with Crippen LogP contribution in [0.15, 0.2) is 0 Å². The molecular formula is C66H131N5O8. The van der Waals surface area contributed by atoms with Gasteiger partial charge in [0, 0.05) is 31.7 Å². The Balaban J connectivity index is 4.69. The fourth-order valence-corrected chi connectivity index (χ4v) is 10.2. The lowest BCUT2D eigenvalue weighted by Crippen LogP contribution is -2.52. The number of ether oxygens (including phenoxy) is 4. The summed E-state index contributed by atoms with van der Waals surface area (Å²) in [4.78, 5) is 54.1. The molecule has 0 spiro atoms. The number of rotatable bonds is 49. The van der Waals surface area contributed by atoms with Crippen molar-refractivity contribution in [3.8, 4) is 0 Å². The lowest BCUT2D eigenvalue weighted by Gasteiger charge is -2.38. The number of carbonyl (C=O) groups excluding carboxylic acids is 4. The maximum atomic E-state index is 13.8. The van der Waals surface area contributed by atoms with Crippen LogP contribution in [0.2, 0.25) is 0 Å². The number of amides is 4. The Morgan fingerprint density at radius 2 is 0.595 bits per heavy atom. The van der Waals surface area contributed by atoms with Crippen LogP contribution in [0, 0.1) is 0 Å². The molecule has 0 saturated heterocycles. The van der Waals surface area contributed by atoms with E-state index >= 15 is 0 Å². The first kappa shape index (κ1) is 76.0. The van der Waals surface area contributed by atoms with Gasteiger partial charge in [0.05, 0.1) is 0 Å². The molecule has 468 valence electrons. The maximum Gasteiger partial charge on any atom is 0.410 e. The van der Waals surface area contributed by atoms with Crippen molar-refractivity contribution >= 4 is 24.4 Å². The Labute approximate surface area is 487 Å². The van der Waals surface area contributed by atoms with Gasteiger partial charge in [-0.2, -0.15) is 0 Å². The molecule has 0 radical (unpaired) electrons. The molecule has 13 heteroatoms. The van der Waals surface area contributed by atoms with Crippen molar-refractivity contribution in [2.45, 2.75) is 368 Å². The minimum atomic E-state index is -0.798. The summed E-state index contributed by atoms with van der Waals surface area (Å²) >= 11 is 0. The molecule has 0 aliphatic carbocycles. The summed E-state index contributed by atoms with van der Waals surface area (Å²) in [6.07, 6.45) is 47.6. The molecule has 4 amide bonds. The summed E-state index contributed by atoms with van der Waals surface area (Å²) in [6.45, 7) is 24.6. The molecule has 0 aliphatic rings. The van der Waals surface area contributed by atoms with Gasteiger partial charge >= 0.3 is 24.4 Å². The van der Waals surface area contributed by atoms with Gasteiger partial charge in [-0.15, -0.1) is 0 Å². The third kappa shape index (κ3) is 54.1. The van der Waals surface area contributed by atoms with Crippen LogP contribution < -0.4 is 21.7 Å². The highest BCUT2D eigenvalue weighted by molar-refractivity contribution is 5.70. The van der Waals surface area contributed by atoms with E-state index in [4.69, 9.17) is 24.7 Å².